The summed E-state index contributed by atoms with van der Waals surface area (Å²) < 4.78 is 5.92. The molecule has 1 aromatic rings. The monoisotopic (exact) mass is 367 g/mol. The van der Waals surface area contributed by atoms with Gasteiger partial charge in [0.15, 0.2) is 0 Å². The van der Waals surface area contributed by atoms with Crippen LogP contribution in [-0.2, 0) is 9.53 Å². The number of ether oxygens (including phenoxy) is 1. The summed E-state index contributed by atoms with van der Waals surface area (Å²) in [4.78, 5) is 15.1. The third-order valence-electron chi connectivity index (χ3n) is 4.95. The Hall–Kier alpha value is -1.14. The summed E-state index contributed by atoms with van der Waals surface area (Å²) in [5.74, 6) is 0.0733. The number of nitrogens with zero attached hydrogens (tertiary/aromatic N) is 1. The molecule has 6 heteroatoms. The third kappa shape index (κ3) is 5.96. The van der Waals surface area contributed by atoms with Gasteiger partial charge in [-0.15, -0.1) is 12.4 Å². The van der Waals surface area contributed by atoms with Crippen molar-refractivity contribution in [1.29, 1.82) is 0 Å². The largest absolute Gasteiger partial charge is 0.373 e. The highest BCUT2D eigenvalue weighted by Gasteiger charge is 2.32. The topological polar surface area (TPSA) is 53.6 Å². The second-order valence-corrected chi connectivity index (χ2v) is 6.69. The van der Waals surface area contributed by atoms with E-state index < -0.39 is 0 Å². The Morgan fingerprint density at radius 2 is 2.00 bits per heavy atom. The predicted octanol–water partition coefficient (Wildman–Crippen LogP) is 1.99. The van der Waals surface area contributed by atoms with E-state index in [1.807, 2.05) is 18.2 Å². The standard InChI is InChI=1S/C19H29N3O2.ClH/c23-19(21-9-5-12-22-13-10-20-11-14-22)17-8-4-15-24-18(17)16-6-2-1-3-7-16;/h1-3,6-7,17-18,20H,4-5,8-15H2,(H,21,23);1H. The van der Waals surface area contributed by atoms with Crippen molar-refractivity contribution in [3.8, 4) is 0 Å². The van der Waals surface area contributed by atoms with Gasteiger partial charge in [0, 0.05) is 39.3 Å². The van der Waals surface area contributed by atoms with Crippen molar-refractivity contribution in [3.05, 3.63) is 35.9 Å². The normalized spacial score (nSPS) is 24.3. The molecule has 2 unspecified atom stereocenters. The minimum Gasteiger partial charge on any atom is -0.373 e. The zero-order valence-electron chi connectivity index (χ0n) is 14.8. The van der Waals surface area contributed by atoms with E-state index >= 15 is 0 Å². The average Bonchev–Trinajstić information content (AvgIpc) is 2.66. The number of benzene rings is 1. The van der Waals surface area contributed by atoms with Gasteiger partial charge in [-0.1, -0.05) is 30.3 Å². The number of rotatable bonds is 6. The minimum atomic E-state index is -0.104. The molecule has 0 spiro atoms. The molecule has 2 aliphatic heterocycles. The number of nitrogens with one attached hydrogen (secondary N) is 2. The molecule has 2 aliphatic rings. The van der Waals surface area contributed by atoms with E-state index in [1.165, 1.54) is 0 Å². The highest BCUT2D eigenvalue weighted by molar-refractivity contribution is 5.85. The second-order valence-electron chi connectivity index (χ2n) is 6.69. The fraction of sp³-hybridized carbons (Fsp3) is 0.632. The van der Waals surface area contributed by atoms with Crippen molar-refractivity contribution < 1.29 is 9.53 Å². The first kappa shape index (κ1) is 20.2. The van der Waals surface area contributed by atoms with Gasteiger partial charge in [0.25, 0.3) is 0 Å². The smallest absolute Gasteiger partial charge is 0.226 e. The van der Waals surface area contributed by atoms with Crippen LogP contribution in [0, 0.1) is 5.92 Å². The van der Waals surface area contributed by atoms with Gasteiger partial charge in [-0.3, -0.25) is 4.79 Å². The van der Waals surface area contributed by atoms with Gasteiger partial charge >= 0.3 is 0 Å². The number of carbonyl (C=O) groups excluding carboxylic acids is 1. The highest BCUT2D eigenvalue weighted by atomic mass is 35.5. The molecule has 0 saturated carbocycles. The third-order valence-corrected chi connectivity index (χ3v) is 4.95. The van der Waals surface area contributed by atoms with Crippen LogP contribution in [0.25, 0.3) is 0 Å². The fourth-order valence-corrected chi connectivity index (χ4v) is 3.60. The summed E-state index contributed by atoms with van der Waals surface area (Å²) >= 11 is 0. The van der Waals surface area contributed by atoms with Crippen LogP contribution in [-0.4, -0.2) is 56.7 Å². The van der Waals surface area contributed by atoms with Crippen molar-refractivity contribution >= 4 is 18.3 Å². The molecule has 140 valence electrons. The summed E-state index contributed by atoms with van der Waals surface area (Å²) in [7, 11) is 0. The lowest BCUT2D eigenvalue weighted by Crippen LogP contribution is -2.44. The van der Waals surface area contributed by atoms with Gasteiger partial charge < -0.3 is 20.3 Å². The van der Waals surface area contributed by atoms with Crippen LogP contribution in [0.3, 0.4) is 0 Å². The maximum absolute atomic E-state index is 12.6. The van der Waals surface area contributed by atoms with Crippen LogP contribution in [0.5, 0.6) is 0 Å². The zero-order chi connectivity index (χ0) is 16.6. The molecule has 2 saturated heterocycles. The van der Waals surface area contributed by atoms with Gasteiger partial charge in [-0.25, -0.2) is 0 Å². The van der Waals surface area contributed by atoms with Gasteiger partial charge in [-0.05, 0) is 31.4 Å². The van der Waals surface area contributed by atoms with Crippen molar-refractivity contribution in [1.82, 2.24) is 15.5 Å². The molecule has 1 amide bonds. The molecule has 0 aromatic heterocycles. The number of carbonyl (C=O) groups is 1. The number of hydrogen-bond donors (Lipinski definition) is 2. The lowest BCUT2D eigenvalue weighted by Gasteiger charge is -2.31. The summed E-state index contributed by atoms with van der Waals surface area (Å²) in [6, 6.07) is 10.1. The van der Waals surface area contributed by atoms with E-state index in [4.69, 9.17) is 4.74 Å². The predicted molar refractivity (Wildman–Crippen MR) is 102 cm³/mol. The Bertz CT molecular complexity index is 509. The van der Waals surface area contributed by atoms with E-state index in [0.717, 1.165) is 70.7 Å². The van der Waals surface area contributed by atoms with Crippen LogP contribution < -0.4 is 10.6 Å². The molecule has 3 rings (SSSR count). The van der Waals surface area contributed by atoms with Crippen molar-refractivity contribution in [2.24, 2.45) is 5.92 Å². The van der Waals surface area contributed by atoms with Gasteiger partial charge in [0.1, 0.15) is 0 Å². The van der Waals surface area contributed by atoms with E-state index in [9.17, 15) is 4.79 Å². The molecule has 2 atom stereocenters. The molecule has 5 nitrogen and oxygen atoms in total. The molecular weight excluding hydrogens is 338 g/mol. The van der Waals surface area contributed by atoms with Crippen molar-refractivity contribution in [2.45, 2.75) is 25.4 Å². The summed E-state index contributed by atoms with van der Waals surface area (Å²) in [6.45, 7) is 6.92. The minimum absolute atomic E-state index is 0. The van der Waals surface area contributed by atoms with Crippen LogP contribution in [0.1, 0.15) is 30.9 Å². The molecular formula is C19H30ClN3O2. The molecule has 0 aliphatic carbocycles. The van der Waals surface area contributed by atoms with Crippen LogP contribution in [0.15, 0.2) is 30.3 Å². The number of piperazine rings is 1. The highest BCUT2D eigenvalue weighted by Crippen LogP contribution is 2.33. The van der Waals surface area contributed by atoms with Crippen molar-refractivity contribution in [2.75, 3.05) is 45.9 Å². The lowest BCUT2D eigenvalue weighted by molar-refractivity contribution is -0.134. The van der Waals surface area contributed by atoms with Gasteiger partial charge in [0.05, 0.1) is 12.0 Å². The summed E-state index contributed by atoms with van der Waals surface area (Å²) in [5.41, 5.74) is 1.11. The number of amides is 1. The molecule has 2 N–H and O–H groups in total. The Morgan fingerprint density at radius 3 is 2.76 bits per heavy atom. The average molecular weight is 368 g/mol. The quantitative estimate of drug-likeness (QED) is 0.755. The molecule has 1 aromatic carbocycles. The number of hydrogen-bond acceptors (Lipinski definition) is 4. The fourth-order valence-electron chi connectivity index (χ4n) is 3.60. The van der Waals surface area contributed by atoms with E-state index in [2.05, 4.69) is 27.7 Å². The SMILES string of the molecule is Cl.O=C(NCCCN1CCNCC1)C1CCCOC1c1ccccc1. The Morgan fingerprint density at radius 1 is 1.24 bits per heavy atom. The summed E-state index contributed by atoms with van der Waals surface area (Å²) in [6.07, 6.45) is 2.77. The van der Waals surface area contributed by atoms with E-state index in [1.54, 1.807) is 0 Å². The molecule has 0 bridgehead atoms. The van der Waals surface area contributed by atoms with Gasteiger partial charge in [0.2, 0.25) is 5.91 Å². The molecule has 2 fully saturated rings. The maximum Gasteiger partial charge on any atom is 0.226 e. The first-order valence-electron chi connectivity index (χ1n) is 9.22. The zero-order valence-corrected chi connectivity index (χ0v) is 15.6. The van der Waals surface area contributed by atoms with E-state index in [-0.39, 0.29) is 30.3 Å². The Balaban J connectivity index is 0.00000225. The Labute approximate surface area is 156 Å². The first-order chi connectivity index (χ1) is 11.8. The van der Waals surface area contributed by atoms with Crippen molar-refractivity contribution in [3.63, 3.8) is 0 Å². The van der Waals surface area contributed by atoms with Crippen LogP contribution >= 0.6 is 12.4 Å². The van der Waals surface area contributed by atoms with Crippen LogP contribution in [0.2, 0.25) is 0 Å². The molecule has 0 radical (unpaired) electrons. The number of halogens is 1. The molecule has 2 heterocycles. The van der Waals surface area contributed by atoms with Crippen LogP contribution in [0.4, 0.5) is 0 Å². The second kappa shape index (κ2) is 10.8. The summed E-state index contributed by atoms with van der Waals surface area (Å²) in [5, 5.41) is 6.49. The lowest BCUT2D eigenvalue weighted by atomic mass is 9.89. The Kier molecular flexibility index (Phi) is 8.68. The molecule has 25 heavy (non-hydrogen) atoms. The maximum atomic E-state index is 12.6. The van der Waals surface area contributed by atoms with Gasteiger partial charge in [-0.2, -0.15) is 0 Å². The first-order valence-corrected chi connectivity index (χ1v) is 9.22. The van der Waals surface area contributed by atoms with E-state index in [0.29, 0.717) is 0 Å².